The van der Waals surface area contributed by atoms with Crippen LogP contribution in [0.1, 0.15) is 22.0 Å². The van der Waals surface area contributed by atoms with Crippen molar-refractivity contribution >= 4 is 30.6 Å². The lowest BCUT2D eigenvalue weighted by molar-refractivity contribution is 0.0991. The maximum absolute atomic E-state index is 14.2. The summed E-state index contributed by atoms with van der Waals surface area (Å²) in [5.74, 6) is -2.94. The van der Waals surface area contributed by atoms with Gasteiger partial charge in [-0.3, -0.25) is 9.79 Å². The number of thioether (sulfide) groups is 1. The molecule has 27 heavy (non-hydrogen) atoms. The highest BCUT2D eigenvalue weighted by Crippen LogP contribution is 2.36. The molecule has 2 unspecified atom stereocenters. The molecule has 2 aromatic carbocycles. The van der Waals surface area contributed by atoms with Crippen LogP contribution in [0, 0.1) is 11.6 Å². The Balaban J connectivity index is 1.73. The molecule has 2 aromatic rings. The monoisotopic (exact) mass is 388 g/mol. The number of hydrogen-bond donors (Lipinski definition) is 1. The topological polar surface area (TPSA) is 73.9 Å². The van der Waals surface area contributed by atoms with E-state index < -0.39 is 23.1 Å². The predicted molar refractivity (Wildman–Crippen MR) is 101 cm³/mol. The fourth-order valence-electron chi connectivity index (χ4n) is 2.63. The molecule has 3 rings (SSSR count). The van der Waals surface area contributed by atoms with Gasteiger partial charge in [0.2, 0.25) is 0 Å². The number of halogens is 2. The summed E-state index contributed by atoms with van der Waals surface area (Å²) in [5.41, 5.74) is 5.08. The highest BCUT2D eigenvalue weighted by molar-refractivity contribution is 8.15. The average molecular weight is 388 g/mol. The van der Waals surface area contributed by atoms with Crippen LogP contribution >= 0.6 is 11.8 Å². The van der Waals surface area contributed by atoms with Gasteiger partial charge >= 0.3 is 0 Å². The van der Waals surface area contributed by atoms with Crippen molar-refractivity contribution in [2.75, 3.05) is 13.7 Å². The quantitative estimate of drug-likeness (QED) is 0.773. The summed E-state index contributed by atoms with van der Waals surface area (Å²) in [6.07, 6.45) is 0. The van der Waals surface area contributed by atoms with Crippen molar-refractivity contribution in [2.24, 2.45) is 10.7 Å². The van der Waals surface area contributed by atoms with Crippen molar-refractivity contribution in [1.29, 1.82) is 0 Å². The van der Waals surface area contributed by atoms with E-state index in [1.165, 1.54) is 11.8 Å². The van der Waals surface area contributed by atoms with Crippen molar-refractivity contribution < 1.29 is 23.0 Å². The first-order valence-electron chi connectivity index (χ1n) is 7.94. The van der Waals surface area contributed by atoms with Crippen LogP contribution in [0.15, 0.2) is 41.4 Å². The molecule has 1 amide bonds. The zero-order valence-electron chi connectivity index (χ0n) is 14.3. The lowest BCUT2D eigenvalue weighted by atomic mass is 9.91. The van der Waals surface area contributed by atoms with Gasteiger partial charge in [-0.25, -0.2) is 8.78 Å². The Morgan fingerprint density at radius 3 is 2.59 bits per heavy atom. The molecular formula is C18H15BF2N2O3S. The second-order valence-corrected chi connectivity index (χ2v) is 6.96. The largest absolute Gasteiger partial charge is 0.497 e. The van der Waals surface area contributed by atoms with E-state index in [2.05, 4.69) is 4.99 Å². The molecule has 138 valence electrons. The van der Waals surface area contributed by atoms with Crippen LogP contribution in [0.5, 0.6) is 11.5 Å². The third-order valence-corrected chi connectivity index (χ3v) is 5.00. The normalized spacial score (nSPS) is 18.9. The number of benzene rings is 2. The number of ether oxygens (including phenoxy) is 2. The van der Waals surface area contributed by atoms with Crippen LogP contribution in [0.3, 0.4) is 0 Å². The Kier molecular flexibility index (Phi) is 5.69. The zero-order valence-corrected chi connectivity index (χ0v) is 15.1. The molecule has 1 heterocycles. The molecule has 0 bridgehead atoms. The zero-order chi connectivity index (χ0) is 19.6. The summed E-state index contributed by atoms with van der Waals surface area (Å²) in [6, 6.07) is 9.11. The Morgan fingerprint density at radius 1 is 1.26 bits per heavy atom. The van der Waals surface area contributed by atoms with Gasteiger partial charge < -0.3 is 15.2 Å². The van der Waals surface area contributed by atoms with Crippen LogP contribution in [0.25, 0.3) is 0 Å². The molecule has 0 aromatic heterocycles. The van der Waals surface area contributed by atoms with Gasteiger partial charge in [-0.05, 0) is 35.0 Å². The third-order valence-electron chi connectivity index (χ3n) is 3.98. The van der Waals surface area contributed by atoms with Crippen molar-refractivity contribution in [3.63, 3.8) is 0 Å². The molecule has 2 atom stereocenters. The first-order valence-corrected chi connectivity index (χ1v) is 8.82. The van der Waals surface area contributed by atoms with Crippen LogP contribution in [0.2, 0.25) is 0 Å². The van der Waals surface area contributed by atoms with E-state index in [0.717, 1.165) is 23.4 Å². The van der Waals surface area contributed by atoms with Gasteiger partial charge in [0.05, 0.1) is 21.0 Å². The molecular weight excluding hydrogens is 373 g/mol. The number of methoxy groups -OCH3 is 1. The minimum Gasteiger partial charge on any atom is -0.497 e. The Labute approximate surface area is 160 Å². The van der Waals surface area contributed by atoms with Crippen LogP contribution in [0.4, 0.5) is 8.78 Å². The van der Waals surface area contributed by atoms with Crippen molar-refractivity contribution in [2.45, 2.75) is 11.2 Å². The third kappa shape index (κ3) is 4.08. The number of primary amides is 1. The van der Waals surface area contributed by atoms with E-state index in [1.54, 1.807) is 7.11 Å². The molecule has 5 nitrogen and oxygen atoms in total. The second kappa shape index (κ2) is 8.00. The summed E-state index contributed by atoms with van der Waals surface area (Å²) < 4.78 is 38.2. The van der Waals surface area contributed by atoms with E-state index >= 15 is 0 Å². The molecule has 2 N–H and O–H groups in total. The van der Waals surface area contributed by atoms with E-state index in [4.69, 9.17) is 23.1 Å². The number of rotatable bonds is 6. The first kappa shape index (κ1) is 19.2. The van der Waals surface area contributed by atoms with Gasteiger partial charge in [0, 0.05) is 0 Å². The summed E-state index contributed by atoms with van der Waals surface area (Å²) in [7, 11) is 7.71. The predicted octanol–water partition coefficient (Wildman–Crippen LogP) is 2.83. The molecule has 2 radical (unpaired) electrons. The minimum atomic E-state index is -1.20. The molecule has 0 fully saturated rings. The molecule has 1 aliphatic rings. The van der Waals surface area contributed by atoms with Gasteiger partial charge in [-0.15, -0.1) is 11.8 Å². The number of amides is 1. The maximum Gasteiger partial charge on any atom is 0.254 e. The summed E-state index contributed by atoms with van der Waals surface area (Å²) in [4.78, 5) is 15.7. The minimum absolute atomic E-state index is 0.0637. The fraction of sp³-hybridized carbons (Fsp3) is 0.222. The molecule has 0 saturated heterocycles. The Bertz CT molecular complexity index is 893. The Morgan fingerprint density at radius 2 is 1.96 bits per heavy atom. The SMILES string of the molecule is [B]C1SC(COc2ccc(F)c(C(N)=O)c2F)=NC1c1ccc(OC)cc1. The standard InChI is InChI=1S/C18H15BF2N2O3S/c1-25-10-4-2-9(3-5-10)16-17(19)27-13(23-16)8-26-12-7-6-11(20)14(15(12)21)18(22)24/h2-7,16-17H,8H2,1H3,(H2,22,24). The summed E-state index contributed by atoms with van der Waals surface area (Å²) in [5, 5.41) is 0.240. The number of carbonyl (C=O) groups excluding carboxylic acids is 1. The van der Waals surface area contributed by atoms with Crippen LogP contribution in [-0.4, -0.2) is 37.7 Å². The van der Waals surface area contributed by atoms with E-state index in [-0.39, 0.29) is 23.5 Å². The average Bonchev–Trinajstić information content (AvgIpc) is 3.01. The maximum atomic E-state index is 14.2. The van der Waals surface area contributed by atoms with E-state index in [0.29, 0.717) is 5.04 Å². The number of hydrogen-bond acceptors (Lipinski definition) is 5. The fourth-order valence-corrected chi connectivity index (χ4v) is 3.59. The highest BCUT2D eigenvalue weighted by Gasteiger charge is 2.28. The second-order valence-electron chi connectivity index (χ2n) is 5.71. The molecule has 0 aliphatic carbocycles. The lowest BCUT2D eigenvalue weighted by Gasteiger charge is -2.13. The van der Waals surface area contributed by atoms with Gasteiger partial charge in [0.25, 0.3) is 5.91 Å². The van der Waals surface area contributed by atoms with E-state index in [1.807, 2.05) is 24.3 Å². The van der Waals surface area contributed by atoms with Crippen molar-refractivity contribution in [3.8, 4) is 11.5 Å². The van der Waals surface area contributed by atoms with Crippen molar-refractivity contribution in [1.82, 2.24) is 0 Å². The highest BCUT2D eigenvalue weighted by atomic mass is 32.2. The number of nitrogens with two attached hydrogens (primary N) is 1. The number of aliphatic imine (C=N–C) groups is 1. The van der Waals surface area contributed by atoms with Crippen LogP contribution < -0.4 is 15.2 Å². The smallest absolute Gasteiger partial charge is 0.254 e. The van der Waals surface area contributed by atoms with Gasteiger partial charge in [-0.1, -0.05) is 12.1 Å². The number of nitrogens with zero attached hydrogens (tertiary/aromatic N) is 1. The van der Waals surface area contributed by atoms with Crippen LogP contribution in [-0.2, 0) is 0 Å². The number of carbonyl (C=O) groups is 1. The first-order chi connectivity index (χ1) is 12.9. The molecule has 9 heteroatoms. The van der Waals surface area contributed by atoms with Gasteiger partial charge in [0.15, 0.2) is 11.6 Å². The Hall–Kier alpha value is -2.55. The lowest BCUT2D eigenvalue weighted by Crippen LogP contribution is -2.17. The molecule has 0 saturated carbocycles. The van der Waals surface area contributed by atoms with Gasteiger partial charge in [0.1, 0.15) is 28.8 Å². The van der Waals surface area contributed by atoms with E-state index in [9.17, 15) is 13.6 Å². The summed E-state index contributed by atoms with van der Waals surface area (Å²) >= 11 is 1.30. The molecule has 0 spiro atoms. The van der Waals surface area contributed by atoms with Gasteiger partial charge in [-0.2, -0.15) is 0 Å². The summed E-state index contributed by atoms with van der Waals surface area (Å²) in [6.45, 7) is -0.0637. The van der Waals surface area contributed by atoms with Crippen molar-refractivity contribution in [3.05, 3.63) is 59.2 Å². The molecule has 1 aliphatic heterocycles.